The van der Waals surface area contributed by atoms with Crippen LogP contribution in [-0.4, -0.2) is 10.5 Å². The molecule has 0 fully saturated rings. The minimum absolute atomic E-state index is 0. The number of thiazole rings is 1. The third-order valence-electron chi connectivity index (χ3n) is 0.932. The summed E-state index contributed by atoms with van der Waals surface area (Å²) in [6, 6.07) is 0. The highest BCUT2D eigenvalue weighted by molar-refractivity contribution is 8.93. The number of nitrogens with two attached hydrogens (primary N) is 1. The smallest absolute Gasteiger partial charge is 0.180 e. The molecule has 5 heteroatoms. The lowest BCUT2D eigenvalue weighted by atomic mass is 10.4. The van der Waals surface area contributed by atoms with Gasteiger partial charge in [-0.1, -0.05) is 6.92 Å². The lowest BCUT2D eigenvalue weighted by Crippen LogP contribution is -1.83. The highest BCUT2D eigenvalue weighted by atomic mass is 79.9. The summed E-state index contributed by atoms with van der Waals surface area (Å²) >= 11 is 1.50. The van der Waals surface area contributed by atoms with Crippen molar-refractivity contribution in [1.82, 2.24) is 4.98 Å². The van der Waals surface area contributed by atoms with Crippen LogP contribution in [0.25, 0.3) is 0 Å². The molecule has 0 amide bonds. The Labute approximate surface area is 74.4 Å². The first-order chi connectivity index (χ1) is 3.83. The van der Waals surface area contributed by atoms with Crippen LogP contribution in [0, 0.1) is 0 Å². The molecule has 1 aromatic rings. The van der Waals surface area contributed by atoms with Gasteiger partial charge in [-0.15, -0.1) is 28.3 Å². The summed E-state index contributed by atoms with van der Waals surface area (Å²) in [6.45, 7) is 2.06. The molecule has 1 heterocycles. The Bertz CT molecular complexity index is 180. The van der Waals surface area contributed by atoms with Crippen LogP contribution >= 0.6 is 28.3 Å². The van der Waals surface area contributed by atoms with E-state index < -0.39 is 0 Å². The van der Waals surface area contributed by atoms with Crippen LogP contribution in [0.2, 0.25) is 0 Å². The van der Waals surface area contributed by atoms with Gasteiger partial charge >= 0.3 is 0 Å². The summed E-state index contributed by atoms with van der Waals surface area (Å²) in [4.78, 5) is 4.03. The van der Waals surface area contributed by atoms with Gasteiger partial charge in [-0.25, -0.2) is 4.98 Å². The minimum Gasteiger partial charge on any atom is -0.412 e. The Morgan fingerprint density at radius 2 is 2.30 bits per heavy atom. The van der Waals surface area contributed by atoms with Gasteiger partial charge in [0.25, 0.3) is 0 Å². The molecule has 3 nitrogen and oxygen atoms in total. The van der Waals surface area contributed by atoms with Crippen LogP contribution in [0.1, 0.15) is 12.6 Å². The van der Waals surface area contributed by atoms with Crippen LogP contribution < -0.4 is 5.73 Å². The number of anilines is 1. The van der Waals surface area contributed by atoms with Crippen molar-refractivity contribution in [3.63, 3.8) is 0 Å². The molecule has 1 aromatic heterocycles. The molecule has 10 heavy (non-hydrogen) atoms. The summed E-state index contributed by atoms with van der Waals surface area (Å²) < 4.78 is 0. The van der Waals surface area contributed by atoms with Crippen molar-refractivity contribution >= 4 is 33.4 Å². The molecule has 0 bridgehead atoms. The van der Waals surface area contributed by atoms with Crippen LogP contribution in [0.15, 0.2) is 5.38 Å². The molecule has 4 N–H and O–H groups in total. The normalized spacial score (nSPS) is 7.70. The maximum absolute atomic E-state index is 5.36. The lowest BCUT2D eigenvalue weighted by Gasteiger charge is -1.79. The first kappa shape index (κ1) is 12.5. The van der Waals surface area contributed by atoms with Crippen LogP contribution in [0.5, 0.6) is 0 Å². The van der Waals surface area contributed by atoms with E-state index in [0.29, 0.717) is 5.13 Å². The van der Waals surface area contributed by atoms with Crippen LogP contribution in [-0.2, 0) is 6.42 Å². The predicted octanol–water partition coefficient (Wildman–Crippen LogP) is 1.04. The van der Waals surface area contributed by atoms with Crippen molar-refractivity contribution in [1.29, 1.82) is 0 Å². The van der Waals surface area contributed by atoms with Crippen molar-refractivity contribution < 1.29 is 5.48 Å². The fourth-order valence-electron chi connectivity index (χ4n) is 0.485. The minimum atomic E-state index is 0. The summed E-state index contributed by atoms with van der Waals surface area (Å²) in [6.07, 6.45) is 0.980. The molecule has 0 atom stereocenters. The summed E-state index contributed by atoms with van der Waals surface area (Å²) in [5.41, 5.74) is 6.45. The standard InChI is InChI=1S/C5H8N2S.BrH.H2O/c1-2-4-3-8-5(6)7-4;;/h3H,2H2,1H3,(H2,6,7);1H;1H2. The molecule has 0 aliphatic carbocycles. The molecule has 0 aliphatic heterocycles. The van der Waals surface area contributed by atoms with Gasteiger partial charge < -0.3 is 11.2 Å². The molecule has 1 rings (SSSR count). The summed E-state index contributed by atoms with van der Waals surface area (Å²) in [5, 5.41) is 2.65. The SMILES string of the molecule is Br.CCc1csc(N)n1.O. The first-order valence-electron chi connectivity index (χ1n) is 2.53. The first-order valence-corrected chi connectivity index (χ1v) is 3.40. The van der Waals surface area contributed by atoms with Crippen molar-refractivity contribution in [3.05, 3.63) is 11.1 Å². The summed E-state index contributed by atoms with van der Waals surface area (Å²) in [7, 11) is 0. The number of halogens is 1. The highest BCUT2D eigenvalue weighted by Crippen LogP contribution is 2.10. The second-order valence-corrected chi connectivity index (χ2v) is 2.42. The molecule has 0 aliphatic rings. The fourth-order valence-corrected chi connectivity index (χ4v) is 1.13. The lowest BCUT2D eigenvalue weighted by molar-refractivity contribution is 0.824. The molecule has 0 aromatic carbocycles. The van der Waals surface area contributed by atoms with Crippen molar-refractivity contribution in [2.75, 3.05) is 5.73 Å². The number of aryl methyl sites for hydroxylation is 1. The molecule has 0 saturated heterocycles. The maximum atomic E-state index is 5.36. The second kappa shape index (κ2) is 5.64. The van der Waals surface area contributed by atoms with E-state index in [9.17, 15) is 0 Å². The van der Waals surface area contributed by atoms with Crippen molar-refractivity contribution in [2.24, 2.45) is 0 Å². The summed E-state index contributed by atoms with van der Waals surface area (Å²) in [5.74, 6) is 0. The van der Waals surface area contributed by atoms with Gasteiger partial charge in [0.05, 0.1) is 5.69 Å². The van der Waals surface area contributed by atoms with E-state index in [1.165, 1.54) is 11.3 Å². The van der Waals surface area contributed by atoms with E-state index in [0.717, 1.165) is 12.1 Å². The zero-order chi connectivity index (χ0) is 5.98. The number of nitrogens with zero attached hydrogens (tertiary/aromatic N) is 1. The van der Waals surface area contributed by atoms with Crippen LogP contribution in [0.4, 0.5) is 5.13 Å². The van der Waals surface area contributed by atoms with Gasteiger partial charge in [0.2, 0.25) is 0 Å². The van der Waals surface area contributed by atoms with E-state index in [-0.39, 0.29) is 22.5 Å². The zero-order valence-electron chi connectivity index (χ0n) is 5.63. The number of hydrogen-bond donors (Lipinski definition) is 1. The Kier molecular flexibility index (Phi) is 7.07. The average Bonchev–Trinajstić information content (AvgIpc) is 2.14. The van der Waals surface area contributed by atoms with Crippen molar-refractivity contribution in [3.8, 4) is 0 Å². The molecule has 0 radical (unpaired) electrons. The quantitative estimate of drug-likeness (QED) is 0.778. The number of aromatic nitrogens is 1. The largest absolute Gasteiger partial charge is 0.412 e. The molecule has 0 spiro atoms. The number of hydrogen-bond acceptors (Lipinski definition) is 3. The molecular formula is C5H11BrN2OS. The van der Waals surface area contributed by atoms with Gasteiger partial charge in [-0.05, 0) is 6.42 Å². The van der Waals surface area contributed by atoms with Gasteiger partial charge in [0.1, 0.15) is 0 Å². The predicted molar refractivity (Wildman–Crippen MR) is 49.8 cm³/mol. The van der Waals surface area contributed by atoms with E-state index in [1.54, 1.807) is 0 Å². The van der Waals surface area contributed by atoms with Gasteiger partial charge in [0, 0.05) is 5.38 Å². The number of nitrogen functional groups attached to an aromatic ring is 1. The van der Waals surface area contributed by atoms with Gasteiger partial charge in [0.15, 0.2) is 5.13 Å². The van der Waals surface area contributed by atoms with Crippen molar-refractivity contribution in [2.45, 2.75) is 13.3 Å². The second-order valence-electron chi connectivity index (χ2n) is 1.53. The molecule has 0 saturated carbocycles. The average molecular weight is 227 g/mol. The Balaban J connectivity index is 0. The monoisotopic (exact) mass is 226 g/mol. The molecule has 60 valence electrons. The van der Waals surface area contributed by atoms with E-state index >= 15 is 0 Å². The Morgan fingerprint density at radius 3 is 2.50 bits per heavy atom. The topological polar surface area (TPSA) is 70.4 Å². The zero-order valence-corrected chi connectivity index (χ0v) is 8.16. The van der Waals surface area contributed by atoms with Crippen LogP contribution in [0.3, 0.4) is 0 Å². The highest BCUT2D eigenvalue weighted by Gasteiger charge is 1.91. The maximum Gasteiger partial charge on any atom is 0.180 e. The van der Waals surface area contributed by atoms with E-state index in [4.69, 9.17) is 5.73 Å². The van der Waals surface area contributed by atoms with Gasteiger partial charge in [-0.3, -0.25) is 0 Å². The molecular weight excluding hydrogens is 216 g/mol. The fraction of sp³-hybridized carbons (Fsp3) is 0.400. The Morgan fingerprint density at radius 1 is 1.70 bits per heavy atom. The number of rotatable bonds is 1. The van der Waals surface area contributed by atoms with E-state index in [2.05, 4.69) is 11.9 Å². The molecule has 0 unspecified atom stereocenters. The van der Waals surface area contributed by atoms with E-state index in [1.807, 2.05) is 5.38 Å². The van der Waals surface area contributed by atoms with Gasteiger partial charge in [-0.2, -0.15) is 0 Å². The Hall–Kier alpha value is -0.130. The third kappa shape index (κ3) is 3.14. The third-order valence-corrected chi connectivity index (χ3v) is 1.65.